The van der Waals surface area contributed by atoms with E-state index in [4.69, 9.17) is 18.9 Å². The zero-order chi connectivity index (χ0) is 15.3. The summed E-state index contributed by atoms with van der Waals surface area (Å²) in [5, 5.41) is 0. The second-order valence-electron chi connectivity index (χ2n) is 4.91. The Kier molecular flexibility index (Phi) is 5.50. The minimum absolute atomic E-state index is 0.0853. The van der Waals surface area contributed by atoms with E-state index in [0.29, 0.717) is 13.0 Å². The Hall–Kier alpha value is -1.63. The molecule has 0 aromatic heterocycles. The molecular weight excluding hydrogens is 268 g/mol. The van der Waals surface area contributed by atoms with Crippen molar-refractivity contribution in [2.75, 3.05) is 13.2 Å². The van der Waals surface area contributed by atoms with Crippen molar-refractivity contribution in [2.45, 2.75) is 51.9 Å². The Bertz CT molecular complexity index is 392. The van der Waals surface area contributed by atoms with Crippen molar-refractivity contribution < 1.29 is 33.3 Å². The summed E-state index contributed by atoms with van der Waals surface area (Å²) < 4.78 is 20.9. The van der Waals surface area contributed by atoms with Crippen LogP contribution in [-0.4, -0.2) is 48.9 Å². The molecule has 1 aliphatic rings. The van der Waals surface area contributed by atoms with E-state index in [1.165, 1.54) is 20.8 Å². The summed E-state index contributed by atoms with van der Waals surface area (Å²) in [6.45, 7) is 5.69. The minimum atomic E-state index is -1.05. The quantitative estimate of drug-likeness (QED) is 0.552. The molecule has 0 amide bonds. The molecule has 7 heteroatoms. The number of rotatable bonds is 4. The third-order valence-electron chi connectivity index (χ3n) is 2.95. The van der Waals surface area contributed by atoms with Gasteiger partial charge in [-0.2, -0.15) is 0 Å². The number of ether oxygens (including phenoxy) is 4. The van der Waals surface area contributed by atoms with Crippen molar-refractivity contribution >= 4 is 17.9 Å². The molecule has 0 aromatic carbocycles. The number of esters is 3. The zero-order valence-corrected chi connectivity index (χ0v) is 12.1. The van der Waals surface area contributed by atoms with Gasteiger partial charge in [0, 0.05) is 27.2 Å². The van der Waals surface area contributed by atoms with Crippen molar-refractivity contribution in [1.29, 1.82) is 0 Å². The van der Waals surface area contributed by atoms with Gasteiger partial charge in [-0.15, -0.1) is 0 Å². The predicted octanol–water partition coefficient (Wildman–Crippen LogP) is 0.592. The number of hydrogen-bond donors (Lipinski definition) is 0. The number of carbonyl (C=O) groups excluding carboxylic acids is 3. The van der Waals surface area contributed by atoms with Crippen LogP contribution in [0.2, 0.25) is 0 Å². The van der Waals surface area contributed by atoms with Crippen LogP contribution in [0.5, 0.6) is 0 Å². The van der Waals surface area contributed by atoms with Crippen LogP contribution in [0.1, 0.15) is 34.1 Å². The fraction of sp³-hybridized carbons (Fsp3) is 0.769. The van der Waals surface area contributed by atoms with Gasteiger partial charge in [0.05, 0.1) is 6.61 Å². The smallest absolute Gasteiger partial charge is 0.303 e. The van der Waals surface area contributed by atoms with Crippen LogP contribution in [0.4, 0.5) is 0 Å². The van der Waals surface area contributed by atoms with Gasteiger partial charge in [-0.25, -0.2) is 0 Å². The lowest BCUT2D eigenvalue weighted by atomic mass is 9.90. The summed E-state index contributed by atoms with van der Waals surface area (Å²) in [5.74, 6) is -1.46. The van der Waals surface area contributed by atoms with E-state index in [-0.39, 0.29) is 6.61 Å². The summed E-state index contributed by atoms with van der Waals surface area (Å²) in [5.41, 5.74) is -1.05. The van der Waals surface area contributed by atoms with E-state index in [2.05, 4.69) is 0 Å². The topological polar surface area (TPSA) is 88.1 Å². The van der Waals surface area contributed by atoms with Crippen molar-refractivity contribution in [2.24, 2.45) is 0 Å². The van der Waals surface area contributed by atoms with Crippen LogP contribution >= 0.6 is 0 Å². The van der Waals surface area contributed by atoms with E-state index in [0.717, 1.165) is 0 Å². The Balaban J connectivity index is 2.89. The first-order chi connectivity index (χ1) is 9.24. The minimum Gasteiger partial charge on any atom is -0.463 e. The summed E-state index contributed by atoms with van der Waals surface area (Å²) >= 11 is 0. The molecular formula is C13H20O7. The van der Waals surface area contributed by atoms with Crippen LogP contribution in [0, 0.1) is 0 Å². The predicted molar refractivity (Wildman–Crippen MR) is 66.7 cm³/mol. The Morgan fingerprint density at radius 1 is 1.10 bits per heavy atom. The number of carbonyl (C=O) groups is 3. The standard InChI is InChI=1S/C13H20O7/c1-8(14)17-7-13(4)12(20-10(3)16)11(5-6-18-13)19-9(2)15/h11-12H,5-7H2,1-4H3/t11-,12-,13-/m1/s1. The average Bonchev–Trinajstić information content (AvgIpc) is 2.30. The van der Waals surface area contributed by atoms with E-state index in [1.54, 1.807) is 6.92 Å². The largest absolute Gasteiger partial charge is 0.463 e. The molecule has 7 nitrogen and oxygen atoms in total. The monoisotopic (exact) mass is 288 g/mol. The second kappa shape index (κ2) is 6.69. The molecule has 0 radical (unpaired) electrons. The van der Waals surface area contributed by atoms with Crippen LogP contribution in [0.3, 0.4) is 0 Å². The van der Waals surface area contributed by atoms with Gasteiger partial charge in [-0.05, 0) is 6.92 Å². The highest BCUT2D eigenvalue weighted by atomic mass is 16.6. The van der Waals surface area contributed by atoms with Gasteiger partial charge < -0.3 is 18.9 Å². The Morgan fingerprint density at radius 2 is 1.70 bits per heavy atom. The molecule has 114 valence electrons. The van der Waals surface area contributed by atoms with E-state index in [1.807, 2.05) is 0 Å². The normalized spacial score (nSPS) is 29.4. The van der Waals surface area contributed by atoms with Crippen molar-refractivity contribution in [3.05, 3.63) is 0 Å². The molecule has 0 spiro atoms. The van der Waals surface area contributed by atoms with Crippen molar-refractivity contribution in [3.8, 4) is 0 Å². The fourth-order valence-corrected chi connectivity index (χ4v) is 2.12. The molecule has 1 saturated heterocycles. The number of hydrogen-bond acceptors (Lipinski definition) is 7. The van der Waals surface area contributed by atoms with Crippen LogP contribution in [0.15, 0.2) is 0 Å². The van der Waals surface area contributed by atoms with Crippen LogP contribution in [0.25, 0.3) is 0 Å². The van der Waals surface area contributed by atoms with Crippen molar-refractivity contribution in [1.82, 2.24) is 0 Å². The average molecular weight is 288 g/mol. The van der Waals surface area contributed by atoms with Gasteiger partial charge in [0.1, 0.15) is 18.3 Å². The van der Waals surface area contributed by atoms with Gasteiger partial charge in [-0.1, -0.05) is 0 Å². The van der Waals surface area contributed by atoms with Crippen molar-refractivity contribution in [3.63, 3.8) is 0 Å². The first-order valence-corrected chi connectivity index (χ1v) is 6.36. The lowest BCUT2D eigenvalue weighted by molar-refractivity contribution is -0.230. The molecule has 1 heterocycles. The molecule has 0 saturated carbocycles. The van der Waals surface area contributed by atoms with E-state index < -0.39 is 35.7 Å². The Morgan fingerprint density at radius 3 is 2.20 bits per heavy atom. The fourth-order valence-electron chi connectivity index (χ4n) is 2.12. The van der Waals surface area contributed by atoms with E-state index >= 15 is 0 Å². The maximum Gasteiger partial charge on any atom is 0.303 e. The molecule has 0 bridgehead atoms. The van der Waals surface area contributed by atoms with Gasteiger partial charge >= 0.3 is 17.9 Å². The molecule has 0 aliphatic carbocycles. The van der Waals surface area contributed by atoms with Gasteiger partial charge in [0.15, 0.2) is 6.10 Å². The summed E-state index contributed by atoms with van der Waals surface area (Å²) in [6, 6.07) is 0. The first kappa shape index (κ1) is 16.4. The third kappa shape index (κ3) is 4.48. The van der Waals surface area contributed by atoms with E-state index in [9.17, 15) is 14.4 Å². The lowest BCUT2D eigenvalue weighted by Gasteiger charge is -2.43. The molecule has 1 fully saturated rings. The molecule has 3 atom stereocenters. The van der Waals surface area contributed by atoms with Gasteiger partial charge in [-0.3, -0.25) is 14.4 Å². The molecule has 1 aliphatic heterocycles. The Labute approximate surface area is 117 Å². The maximum atomic E-state index is 11.2. The zero-order valence-electron chi connectivity index (χ0n) is 12.1. The van der Waals surface area contributed by atoms with Gasteiger partial charge in [0.2, 0.25) is 0 Å². The summed E-state index contributed by atoms with van der Waals surface area (Å²) in [6.07, 6.45) is -1.03. The van der Waals surface area contributed by atoms with Gasteiger partial charge in [0.25, 0.3) is 0 Å². The SMILES string of the molecule is CC(=O)OC[C@@]1(C)OCC[C@@H](OC(C)=O)[C@H]1OC(C)=O. The van der Waals surface area contributed by atoms with Crippen LogP contribution in [-0.2, 0) is 33.3 Å². The van der Waals surface area contributed by atoms with Crippen LogP contribution < -0.4 is 0 Å². The molecule has 0 aromatic rings. The molecule has 0 unspecified atom stereocenters. The first-order valence-electron chi connectivity index (χ1n) is 6.36. The highest BCUT2D eigenvalue weighted by molar-refractivity contribution is 5.68. The lowest BCUT2D eigenvalue weighted by Crippen LogP contribution is -2.58. The highest BCUT2D eigenvalue weighted by Crippen LogP contribution is 2.30. The summed E-state index contributed by atoms with van der Waals surface area (Å²) in [4.78, 5) is 33.3. The summed E-state index contributed by atoms with van der Waals surface area (Å²) in [7, 11) is 0. The molecule has 0 N–H and O–H groups in total. The maximum absolute atomic E-state index is 11.2. The third-order valence-corrected chi connectivity index (χ3v) is 2.95. The highest BCUT2D eigenvalue weighted by Gasteiger charge is 2.48. The second-order valence-corrected chi connectivity index (χ2v) is 4.91. The molecule has 1 rings (SSSR count). The molecule has 20 heavy (non-hydrogen) atoms.